The predicted octanol–water partition coefficient (Wildman–Crippen LogP) is 0.941. The van der Waals surface area contributed by atoms with Crippen LogP contribution in [-0.4, -0.2) is 22.1 Å². The number of aromatic nitrogens is 2. The lowest BCUT2D eigenvalue weighted by Crippen LogP contribution is -2.11. The molecule has 5 nitrogen and oxygen atoms in total. The lowest BCUT2D eigenvalue weighted by atomic mass is 10.4. The number of hydrogen-bond acceptors (Lipinski definition) is 4. The molecule has 13 heavy (non-hydrogen) atoms. The normalized spacial score (nSPS) is 10.1. The van der Waals surface area contributed by atoms with E-state index in [2.05, 4.69) is 20.9 Å². The molecular weight excluding hydrogens is 238 g/mol. The third-order valence-corrected chi connectivity index (χ3v) is 2.25. The van der Waals surface area contributed by atoms with Crippen LogP contribution in [0.25, 0.3) is 0 Å². The maximum atomic E-state index is 11.3. The Balaban J connectivity index is 3.06. The molecule has 1 aromatic rings. The number of rotatable bonds is 2. The highest BCUT2D eigenvalue weighted by molar-refractivity contribution is 9.10. The van der Waals surface area contributed by atoms with Gasteiger partial charge in [-0.2, -0.15) is 0 Å². The van der Waals surface area contributed by atoms with Crippen molar-refractivity contribution in [2.24, 2.45) is 7.05 Å². The Morgan fingerprint density at radius 2 is 2.38 bits per heavy atom. The molecule has 0 radical (unpaired) electrons. The summed E-state index contributed by atoms with van der Waals surface area (Å²) in [6.45, 7) is 2.06. The van der Waals surface area contributed by atoms with E-state index in [0.717, 1.165) is 0 Å². The average molecular weight is 248 g/mol. The summed E-state index contributed by atoms with van der Waals surface area (Å²) in [6.07, 6.45) is 0. The highest BCUT2D eigenvalue weighted by Gasteiger charge is 2.18. The van der Waals surface area contributed by atoms with Crippen LogP contribution in [0.5, 0.6) is 0 Å². The first kappa shape index (κ1) is 10.0. The molecule has 0 atom stereocenters. The van der Waals surface area contributed by atoms with Gasteiger partial charge in [0.25, 0.3) is 0 Å². The monoisotopic (exact) mass is 247 g/mol. The number of carbonyl (C=O) groups is 1. The summed E-state index contributed by atoms with van der Waals surface area (Å²) in [4.78, 5) is 15.2. The van der Waals surface area contributed by atoms with Gasteiger partial charge in [0.05, 0.1) is 6.61 Å². The molecule has 0 fully saturated rings. The van der Waals surface area contributed by atoms with E-state index in [0.29, 0.717) is 11.3 Å². The summed E-state index contributed by atoms with van der Waals surface area (Å²) in [7, 11) is 1.68. The molecule has 6 heteroatoms. The second kappa shape index (κ2) is 3.78. The number of carbonyl (C=O) groups excluding carboxylic acids is 1. The first-order valence-electron chi connectivity index (χ1n) is 3.72. The molecular formula is C7H10BrN3O2. The Kier molecular flexibility index (Phi) is 2.92. The van der Waals surface area contributed by atoms with Crippen LogP contribution in [0.3, 0.4) is 0 Å². The summed E-state index contributed by atoms with van der Waals surface area (Å²) in [5.74, 6) is -0.284. The quantitative estimate of drug-likeness (QED) is 0.790. The van der Waals surface area contributed by atoms with Crippen LogP contribution in [0, 0.1) is 0 Å². The Hall–Kier alpha value is -1.04. The van der Waals surface area contributed by atoms with Crippen LogP contribution in [0.15, 0.2) is 4.73 Å². The third kappa shape index (κ3) is 1.82. The zero-order valence-corrected chi connectivity index (χ0v) is 8.96. The van der Waals surface area contributed by atoms with Crippen molar-refractivity contribution in [3.63, 3.8) is 0 Å². The molecule has 1 rings (SSSR count). The largest absolute Gasteiger partial charge is 0.461 e. The maximum Gasteiger partial charge on any atom is 0.358 e. The van der Waals surface area contributed by atoms with Crippen LogP contribution in [0.2, 0.25) is 0 Å². The summed E-state index contributed by atoms with van der Waals surface area (Å²) < 4.78 is 6.84. The molecule has 0 aliphatic carbocycles. The summed E-state index contributed by atoms with van der Waals surface area (Å²) in [5.41, 5.74) is 5.78. The third-order valence-electron chi connectivity index (χ3n) is 1.54. The van der Waals surface area contributed by atoms with Gasteiger partial charge in [0, 0.05) is 7.05 Å². The van der Waals surface area contributed by atoms with Crippen LogP contribution in [0.1, 0.15) is 17.4 Å². The van der Waals surface area contributed by atoms with E-state index < -0.39 is 5.97 Å². The summed E-state index contributed by atoms with van der Waals surface area (Å²) >= 11 is 3.15. The molecule has 2 N–H and O–H groups in total. The zero-order chi connectivity index (χ0) is 10.0. The van der Waals surface area contributed by atoms with E-state index in [1.807, 2.05) is 0 Å². The van der Waals surface area contributed by atoms with Gasteiger partial charge in [-0.15, -0.1) is 0 Å². The van der Waals surface area contributed by atoms with Crippen LogP contribution < -0.4 is 5.73 Å². The predicted molar refractivity (Wildman–Crippen MR) is 51.3 cm³/mol. The summed E-state index contributed by atoms with van der Waals surface area (Å²) in [5, 5.41) is 0. The molecule has 1 heterocycles. The van der Waals surface area contributed by atoms with E-state index in [1.165, 1.54) is 4.57 Å². The van der Waals surface area contributed by atoms with Crippen molar-refractivity contribution in [2.75, 3.05) is 12.3 Å². The van der Waals surface area contributed by atoms with Gasteiger partial charge in [-0.25, -0.2) is 9.78 Å². The van der Waals surface area contributed by atoms with Crippen molar-refractivity contribution in [2.45, 2.75) is 6.92 Å². The maximum absolute atomic E-state index is 11.3. The number of esters is 1. The number of halogens is 1. The molecule has 0 saturated carbocycles. The second-order valence-electron chi connectivity index (χ2n) is 2.39. The van der Waals surface area contributed by atoms with Crippen LogP contribution >= 0.6 is 15.9 Å². The van der Waals surface area contributed by atoms with Crippen molar-refractivity contribution in [1.82, 2.24) is 9.55 Å². The highest BCUT2D eigenvalue weighted by atomic mass is 79.9. The fraction of sp³-hybridized carbons (Fsp3) is 0.429. The van der Waals surface area contributed by atoms with Crippen molar-refractivity contribution >= 4 is 27.7 Å². The topological polar surface area (TPSA) is 70.1 Å². The van der Waals surface area contributed by atoms with Gasteiger partial charge in [0.2, 0.25) is 0 Å². The number of nitrogens with two attached hydrogens (primary N) is 1. The molecule has 0 spiro atoms. The Labute approximate surface area is 84.0 Å². The van der Waals surface area contributed by atoms with E-state index in [4.69, 9.17) is 10.5 Å². The van der Waals surface area contributed by atoms with Crippen LogP contribution in [-0.2, 0) is 11.8 Å². The fourth-order valence-corrected chi connectivity index (χ4v) is 1.30. The number of anilines is 1. The molecule has 0 amide bonds. The molecule has 0 aliphatic heterocycles. The molecule has 72 valence electrons. The zero-order valence-electron chi connectivity index (χ0n) is 7.37. The number of hydrogen-bond donors (Lipinski definition) is 1. The van der Waals surface area contributed by atoms with E-state index in [9.17, 15) is 4.79 Å². The lowest BCUT2D eigenvalue weighted by Gasteiger charge is -2.02. The van der Waals surface area contributed by atoms with Gasteiger partial charge in [-0.1, -0.05) is 0 Å². The highest BCUT2D eigenvalue weighted by Crippen LogP contribution is 2.17. The minimum absolute atomic E-state index is 0.174. The molecule has 0 aromatic carbocycles. The smallest absolute Gasteiger partial charge is 0.358 e. The lowest BCUT2D eigenvalue weighted by molar-refractivity contribution is 0.0516. The minimum Gasteiger partial charge on any atom is -0.461 e. The number of ether oxygens (including phenoxy) is 1. The van der Waals surface area contributed by atoms with Crippen molar-refractivity contribution in [3.8, 4) is 0 Å². The molecule has 1 aromatic heterocycles. The molecule has 0 aliphatic rings. The average Bonchev–Trinajstić information content (AvgIpc) is 2.27. The second-order valence-corrected chi connectivity index (χ2v) is 3.10. The van der Waals surface area contributed by atoms with Gasteiger partial charge >= 0.3 is 5.97 Å². The first-order valence-corrected chi connectivity index (χ1v) is 4.52. The molecule has 0 bridgehead atoms. The van der Waals surface area contributed by atoms with Crippen molar-refractivity contribution in [1.29, 1.82) is 0 Å². The van der Waals surface area contributed by atoms with Crippen LogP contribution in [0.4, 0.5) is 5.82 Å². The Bertz CT molecular complexity index is 335. The Morgan fingerprint density at radius 1 is 1.77 bits per heavy atom. The van der Waals surface area contributed by atoms with Gasteiger partial charge in [-0.05, 0) is 22.9 Å². The van der Waals surface area contributed by atoms with E-state index >= 15 is 0 Å². The minimum atomic E-state index is -0.458. The van der Waals surface area contributed by atoms with Crippen molar-refractivity contribution < 1.29 is 9.53 Å². The van der Waals surface area contributed by atoms with E-state index in [-0.39, 0.29) is 11.5 Å². The fourth-order valence-electron chi connectivity index (χ4n) is 0.932. The van der Waals surface area contributed by atoms with Crippen molar-refractivity contribution in [3.05, 3.63) is 10.4 Å². The summed E-state index contributed by atoms with van der Waals surface area (Å²) in [6, 6.07) is 0. The Morgan fingerprint density at radius 3 is 2.77 bits per heavy atom. The SMILES string of the molecule is CCOC(=O)c1c(N)nc(Br)n1C. The van der Waals surface area contributed by atoms with E-state index in [1.54, 1.807) is 14.0 Å². The standard InChI is InChI=1S/C7H10BrN3O2/c1-3-13-6(12)4-5(9)10-7(8)11(4)2/h3,9H2,1-2H3. The number of nitrogen functional groups attached to an aromatic ring is 1. The van der Waals surface area contributed by atoms with Gasteiger partial charge < -0.3 is 15.0 Å². The number of imidazole rings is 1. The number of nitrogens with zero attached hydrogens (tertiary/aromatic N) is 2. The van der Waals surface area contributed by atoms with Gasteiger partial charge in [0.15, 0.2) is 16.2 Å². The first-order chi connectivity index (χ1) is 6.07. The van der Waals surface area contributed by atoms with Gasteiger partial charge in [0.1, 0.15) is 0 Å². The van der Waals surface area contributed by atoms with Gasteiger partial charge in [-0.3, -0.25) is 0 Å². The molecule has 0 unspecified atom stereocenters. The molecule has 0 saturated heterocycles.